The number of fused-ring (bicyclic) bond motifs is 1. The molecule has 1 saturated heterocycles. The van der Waals surface area contributed by atoms with E-state index in [9.17, 15) is 9.18 Å². The van der Waals surface area contributed by atoms with Crippen molar-refractivity contribution >= 4 is 40.0 Å². The van der Waals surface area contributed by atoms with Crippen LogP contribution in [0.1, 0.15) is 46.0 Å². The third-order valence-electron chi connectivity index (χ3n) is 6.70. The minimum atomic E-state index is -0.485. The molecule has 0 unspecified atom stereocenters. The first kappa shape index (κ1) is 26.4. The van der Waals surface area contributed by atoms with Crippen LogP contribution in [0.15, 0.2) is 36.7 Å². The number of halogens is 2. The van der Waals surface area contributed by atoms with E-state index in [1.54, 1.807) is 6.07 Å². The molecule has 0 radical (unpaired) electrons. The monoisotopic (exact) mass is 542 g/mol. The second-order valence-electron chi connectivity index (χ2n) is 10.5. The highest BCUT2D eigenvalue weighted by Crippen LogP contribution is 2.37. The molecule has 0 amide bonds. The van der Waals surface area contributed by atoms with Gasteiger partial charge in [-0.2, -0.15) is 0 Å². The molecule has 0 atom stereocenters. The van der Waals surface area contributed by atoms with Crippen LogP contribution in [0.25, 0.3) is 10.9 Å². The van der Waals surface area contributed by atoms with Gasteiger partial charge in [0.2, 0.25) is 0 Å². The van der Waals surface area contributed by atoms with Crippen molar-refractivity contribution in [3.63, 3.8) is 0 Å². The molecule has 10 heteroatoms. The number of carbonyl (C=O) groups is 1. The van der Waals surface area contributed by atoms with E-state index in [0.717, 1.165) is 44.0 Å². The van der Waals surface area contributed by atoms with Crippen molar-refractivity contribution in [2.45, 2.75) is 57.7 Å². The number of cyclic esters (lactones) is 1. The summed E-state index contributed by atoms with van der Waals surface area (Å²) in [7, 11) is 0. The van der Waals surface area contributed by atoms with E-state index in [1.165, 1.54) is 18.5 Å². The van der Waals surface area contributed by atoms with Crippen LogP contribution in [-0.2, 0) is 9.53 Å². The maximum absolute atomic E-state index is 13.6. The van der Waals surface area contributed by atoms with Gasteiger partial charge in [-0.1, -0.05) is 11.6 Å². The minimum absolute atomic E-state index is 0.0271. The van der Waals surface area contributed by atoms with Crippen LogP contribution in [-0.4, -0.2) is 58.8 Å². The lowest BCUT2D eigenvalue weighted by molar-refractivity contribution is -0.169. The van der Waals surface area contributed by atoms with E-state index < -0.39 is 11.4 Å². The van der Waals surface area contributed by atoms with E-state index >= 15 is 0 Å². The standard InChI is InChI=1S/C28H32ClFN4O4/c1-28(2)16-34(15-26(35)38-28)10-5-11-36-24-14-23-20(13-25(24)37-19-6-3-4-7-19)27(32-17-31-23)33-18-8-9-22(30)21(29)12-18/h8-9,12-14,17,19H,3-7,10-11,15-16H2,1-2H3,(H,31,32,33). The Morgan fingerprint density at radius 1 is 1.18 bits per heavy atom. The fourth-order valence-corrected chi connectivity index (χ4v) is 5.22. The summed E-state index contributed by atoms with van der Waals surface area (Å²) in [6.07, 6.45) is 6.63. The maximum atomic E-state index is 13.6. The Morgan fingerprint density at radius 3 is 2.76 bits per heavy atom. The number of benzene rings is 2. The molecule has 1 aliphatic heterocycles. The molecule has 0 bridgehead atoms. The smallest absolute Gasteiger partial charge is 0.320 e. The Bertz CT molecular complexity index is 1320. The van der Waals surface area contributed by atoms with Gasteiger partial charge in [0, 0.05) is 30.2 Å². The quantitative estimate of drug-likeness (QED) is 0.264. The zero-order valence-electron chi connectivity index (χ0n) is 21.6. The fourth-order valence-electron chi connectivity index (χ4n) is 5.04. The van der Waals surface area contributed by atoms with Crippen molar-refractivity contribution in [2.24, 2.45) is 0 Å². The van der Waals surface area contributed by atoms with Gasteiger partial charge < -0.3 is 19.5 Å². The van der Waals surface area contributed by atoms with Crippen LogP contribution in [0.5, 0.6) is 11.5 Å². The number of nitrogens with zero attached hydrogens (tertiary/aromatic N) is 3. The first-order valence-corrected chi connectivity index (χ1v) is 13.4. The molecule has 1 aliphatic carbocycles. The molecule has 2 fully saturated rings. The second-order valence-corrected chi connectivity index (χ2v) is 10.9. The van der Waals surface area contributed by atoms with E-state index in [1.807, 2.05) is 26.0 Å². The van der Waals surface area contributed by atoms with Gasteiger partial charge in [0.15, 0.2) is 11.5 Å². The molecular weight excluding hydrogens is 511 g/mol. The first-order valence-electron chi connectivity index (χ1n) is 13.0. The summed E-state index contributed by atoms with van der Waals surface area (Å²) in [6, 6.07) is 8.20. The number of morpholine rings is 1. The van der Waals surface area contributed by atoms with Crippen molar-refractivity contribution in [2.75, 3.05) is 31.6 Å². The summed E-state index contributed by atoms with van der Waals surface area (Å²) in [4.78, 5) is 22.8. The van der Waals surface area contributed by atoms with Crippen LogP contribution in [0, 0.1) is 5.82 Å². The Labute approximate surface area is 226 Å². The molecule has 1 N–H and O–H groups in total. The Balaban J connectivity index is 1.34. The van der Waals surface area contributed by atoms with Crippen molar-refractivity contribution in [1.29, 1.82) is 0 Å². The predicted molar refractivity (Wildman–Crippen MR) is 144 cm³/mol. The average molecular weight is 543 g/mol. The second kappa shape index (κ2) is 11.3. The normalized spacial score (nSPS) is 17.9. The van der Waals surface area contributed by atoms with Gasteiger partial charge in [0.05, 0.1) is 29.8 Å². The largest absolute Gasteiger partial charge is 0.490 e. The van der Waals surface area contributed by atoms with Gasteiger partial charge in [0.25, 0.3) is 0 Å². The zero-order chi connectivity index (χ0) is 26.7. The molecular formula is C28H32ClFN4O4. The number of rotatable bonds is 9. The SMILES string of the molecule is CC1(C)CN(CCCOc2cc3ncnc(Nc4ccc(F)c(Cl)c4)c3cc2OC2CCCC2)CC(=O)O1. The number of anilines is 2. The lowest BCUT2D eigenvalue weighted by atomic mass is 10.1. The maximum Gasteiger partial charge on any atom is 0.320 e. The predicted octanol–water partition coefficient (Wildman–Crippen LogP) is 5.89. The van der Waals surface area contributed by atoms with E-state index in [0.29, 0.717) is 48.2 Å². The molecule has 202 valence electrons. The molecule has 2 heterocycles. The lowest BCUT2D eigenvalue weighted by Crippen LogP contribution is -2.51. The van der Waals surface area contributed by atoms with Crippen LogP contribution in [0.4, 0.5) is 15.9 Å². The lowest BCUT2D eigenvalue weighted by Gasteiger charge is -2.37. The van der Waals surface area contributed by atoms with Gasteiger partial charge >= 0.3 is 5.97 Å². The van der Waals surface area contributed by atoms with E-state index in [4.69, 9.17) is 25.8 Å². The number of ether oxygens (including phenoxy) is 3. The number of esters is 1. The number of hydrogen-bond acceptors (Lipinski definition) is 8. The average Bonchev–Trinajstić information content (AvgIpc) is 3.36. The molecule has 0 spiro atoms. The summed E-state index contributed by atoms with van der Waals surface area (Å²) in [5.41, 5.74) is 0.811. The molecule has 5 rings (SSSR count). The molecule has 1 aromatic heterocycles. The Kier molecular flexibility index (Phi) is 7.85. The Hall–Kier alpha value is -3.17. The van der Waals surface area contributed by atoms with Gasteiger partial charge in [-0.05, 0) is 70.2 Å². The zero-order valence-corrected chi connectivity index (χ0v) is 22.4. The van der Waals surface area contributed by atoms with Crippen molar-refractivity contribution in [1.82, 2.24) is 14.9 Å². The highest BCUT2D eigenvalue weighted by molar-refractivity contribution is 6.31. The van der Waals surface area contributed by atoms with Gasteiger partial charge in [-0.15, -0.1) is 0 Å². The molecule has 8 nitrogen and oxygen atoms in total. The molecule has 1 saturated carbocycles. The molecule has 3 aromatic rings. The Morgan fingerprint density at radius 2 is 2.00 bits per heavy atom. The highest BCUT2D eigenvalue weighted by Gasteiger charge is 2.32. The van der Waals surface area contributed by atoms with Crippen LogP contribution >= 0.6 is 11.6 Å². The van der Waals surface area contributed by atoms with E-state index in [-0.39, 0.29) is 17.1 Å². The van der Waals surface area contributed by atoms with Gasteiger partial charge in [0.1, 0.15) is 23.6 Å². The summed E-state index contributed by atoms with van der Waals surface area (Å²) in [5.74, 6) is 1.14. The number of hydrogen-bond donors (Lipinski definition) is 1. The summed E-state index contributed by atoms with van der Waals surface area (Å²) >= 11 is 5.96. The third kappa shape index (κ3) is 6.45. The topological polar surface area (TPSA) is 85.8 Å². The first-order chi connectivity index (χ1) is 18.3. The summed E-state index contributed by atoms with van der Waals surface area (Å²) < 4.78 is 31.6. The molecule has 38 heavy (non-hydrogen) atoms. The molecule has 2 aliphatic rings. The minimum Gasteiger partial charge on any atom is -0.490 e. The van der Waals surface area contributed by atoms with Gasteiger partial charge in [-0.3, -0.25) is 9.69 Å². The van der Waals surface area contributed by atoms with Crippen molar-refractivity contribution < 1.29 is 23.4 Å². The van der Waals surface area contributed by atoms with Crippen LogP contribution in [0.3, 0.4) is 0 Å². The number of nitrogens with one attached hydrogen (secondary N) is 1. The van der Waals surface area contributed by atoms with E-state index in [2.05, 4.69) is 20.2 Å². The van der Waals surface area contributed by atoms with Crippen molar-refractivity contribution in [3.8, 4) is 11.5 Å². The number of carbonyl (C=O) groups excluding carboxylic acids is 1. The fraction of sp³-hybridized carbons (Fsp3) is 0.464. The number of aromatic nitrogens is 2. The summed E-state index contributed by atoms with van der Waals surface area (Å²) in [6.45, 7) is 6.01. The highest BCUT2D eigenvalue weighted by atomic mass is 35.5. The molecule has 2 aromatic carbocycles. The summed E-state index contributed by atoms with van der Waals surface area (Å²) in [5, 5.41) is 3.99. The third-order valence-corrected chi connectivity index (χ3v) is 6.99. The van der Waals surface area contributed by atoms with Crippen LogP contribution < -0.4 is 14.8 Å². The van der Waals surface area contributed by atoms with Gasteiger partial charge in [-0.25, -0.2) is 14.4 Å². The van der Waals surface area contributed by atoms with Crippen molar-refractivity contribution in [3.05, 3.63) is 47.5 Å². The van der Waals surface area contributed by atoms with Crippen LogP contribution in [0.2, 0.25) is 5.02 Å².